The van der Waals surface area contributed by atoms with Crippen LogP contribution in [-0.4, -0.2) is 46.6 Å². The number of aromatic nitrogens is 1. The first-order chi connectivity index (χ1) is 15.1. The number of rotatable bonds is 5. The van der Waals surface area contributed by atoms with Crippen LogP contribution in [0, 0.1) is 11.7 Å². The SMILES string of the molecule is CC(NC(=O)c1cc(Oc2ccc(F)cc2)ccn1)C1CCCN(C(=O)OC(C)(C)C)C1. The molecule has 1 aliphatic rings. The number of hydrogen-bond acceptors (Lipinski definition) is 5. The van der Waals surface area contributed by atoms with Crippen LogP contribution in [0.15, 0.2) is 42.6 Å². The number of benzene rings is 1. The number of carbonyl (C=O) groups excluding carboxylic acids is 2. The number of hydrogen-bond donors (Lipinski definition) is 1. The van der Waals surface area contributed by atoms with Crippen LogP contribution in [0.3, 0.4) is 0 Å². The van der Waals surface area contributed by atoms with Crippen molar-refractivity contribution in [3.8, 4) is 11.5 Å². The third-order valence-electron chi connectivity index (χ3n) is 5.19. The van der Waals surface area contributed by atoms with E-state index >= 15 is 0 Å². The zero-order valence-electron chi connectivity index (χ0n) is 18.9. The number of amides is 2. The van der Waals surface area contributed by atoms with Crippen LogP contribution < -0.4 is 10.1 Å². The van der Waals surface area contributed by atoms with Crippen molar-refractivity contribution in [1.82, 2.24) is 15.2 Å². The van der Waals surface area contributed by atoms with Crippen molar-refractivity contribution in [2.75, 3.05) is 13.1 Å². The van der Waals surface area contributed by atoms with E-state index in [1.807, 2.05) is 27.7 Å². The van der Waals surface area contributed by atoms with Gasteiger partial charge in [-0.25, -0.2) is 9.18 Å². The van der Waals surface area contributed by atoms with Gasteiger partial charge in [-0.3, -0.25) is 9.78 Å². The summed E-state index contributed by atoms with van der Waals surface area (Å²) in [5.41, 5.74) is -0.326. The van der Waals surface area contributed by atoms with Crippen LogP contribution in [0.25, 0.3) is 0 Å². The van der Waals surface area contributed by atoms with Crippen molar-refractivity contribution in [3.05, 3.63) is 54.1 Å². The molecular weight excluding hydrogens is 413 g/mol. The quantitative estimate of drug-likeness (QED) is 0.719. The number of piperidine rings is 1. The maximum Gasteiger partial charge on any atom is 0.410 e. The molecule has 172 valence electrons. The minimum atomic E-state index is -0.545. The predicted octanol–water partition coefficient (Wildman–Crippen LogP) is 4.78. The summed E-state index contributed by atoms with van der Waals surface area (Å²) in [7, 11) is 0. The van der Waals surface area contributed by atoms with Gasteiger partial charge < -0.3 is 19.7 Å². The van der Waals surface area contributed by atoms with E-state index in [0.717, 1.165) is 12.8 Å². The van der Waals surface area contributed by atoms with Crippen LogP contribution >= 0.6 is 0 Å². The van der Waals surface area contributed by atoms with Crippen molar-refractivity contribution in [1.29, 1.82) is 0 Å². The molecule has 1 aromatic heterocycles. The molecule has 1 saturated heterocycles. The van der Waals surface area contributed by atoms with Gasteiger partial charge in [0.05, 0.1) is 0 Å². The topological polar surface area (TPSA) is 80.8 Å². The van der Waals surface area contributed by atoms with Crippen molar-refractivity contribution < 1.29 is 23.5 Å². The van der Waals surface area contributed by atoms with Crippen molar-refractivity contribution in [2.45, 2.75) is 52.2 Å². The Balaban J connectivity index is 1.59. The standard InChI is InChI=1S/C24H30FN3O4/c1-16(17-6-5-13-28(15-17)23(30)32-24(2,3)4)27-22(29)21-14-20(11-12-26-21)31-19-9-7-18(25)8-10-19/h7-12,14,16-17H,5-6,13,15H2,1-4H3,(H,27,29). The first-order valence-electron chi connectivity index (χ1n) is 10.8. The summed E-state index contributed by atoms with van der Waals surface area (Å²) in [5, 5.41) is 2.99. The number of carbonyl (C=O) groups is 2. The van der Waals surface area contributed by atoms with Gasteiger partial charge in [0, 0.05) is 31.4 Å². The Morgan fingerprint density at radius 3 is 2.59 bits per heavy atom. The van der Waals surface area contributed by atoms with Crippen LogP contribution in [0.1, 0.15) is 51.0 Å². The number of nitrogens with zero attached hydrogens (tertiary/aromatic N) is 2. The third-order valence-corrected chi connectivity index (χ3v) is 5.19. The highest BCUT2D eigenvalue weighted by Crippen LogP contribution is 2.24. The fraction of sp³-hybridized carbons (Fsp3) is 0.458. The van der Waals surface area contributed by atoms with E-state index in [9.17, 15) is 14.0 Å². The highest BCUT2D eigenvalue weighted by Gasteiger charge is 2.31. The summed E-state index contributed by atoms with van der Waals surface area (Å²) in [6, 6.07) is 8.64. The molecule has 8 heteroatoms. The molecular formula is C24H30FN3O4. The van der Waals surface area contributed by atoms with Gasteiger partial charge in [0.25, 0.3) is 5.91 Å². The van der Waals surface area contributed by atoms with Crippen molar-refractivity contribution in [3.63, 3.8) is 0 Å². The maximum atomic E-state index is 13.1. The molecule has 0 spiro atoms. The van der Waals surface area contributed by atoms with Gasteiger partial charge in [-0.05, 0) is 76.8 Å². The molecule has 32 heavy (non-hydrogen) atoms. The summed E-state index contributed by atoms with van der Waals surface area (Å²) in [4.78, 5) is 31.0. The van der Waals surface area contributed by atoms with E-state index in [0.29, 0.717) is 24.6 Å². The molecule has 1 fully saturated rings. The second-order valence-electron chi connectivity index (χ2n) is 9.02. The molecule has 2 aromatic rings. The molecule has 3 rings (SSSR count). The van der Waals surface area contributed by atoms with Gasteiger partial charge in [0.1, 0.15) is 28.6 Å². The Bertz CT molecular complexity index is 943. The zero-order valence-corrected chi connectivity index (χ0v) is 18.9. The third kappa shape index (κ3) is 6.67. The highest BCUT2D eigenvalue weighted by atomic mass is 19.1. The lowest BCUT2D eigenvalue weighted by Crippen LogP contribution is -2.49. The van der Waals surface area contributed by atoms with Crippen LogP contribution in [0.2, 0.25) is 0 Å². The number of ether oxygens (including phenoxy) is 2. The summed E-state index contributed by atoms with van der Waals surface area (Å²) < 4.78 is 24.2. The molecule has 1 aromatic carbocycles. The number of nitrogens with one attached hydrogen (secondary N) is 1. The highest BCUT2D eigenvalue weighted by molar-refractivity contribution is 5.92. The van der Waals surface area contributed by atoms with E-state index in [1.165, 1.54) is 30.5 Å². The summed E-state index contributed by atoms with van der Waals surface area (Å²) in [5.74, 6) is 0.323. The van der Waals surface area contributed by atoms with Gasteiger partial charge in [0.2, 0.25) is 0 Å². The summed E-state index contributed by atoms with van der Waals surface area (Å²) in [6.07, 6.45) is 2.92. The van der Waals surface area contributed by atoms with Gasteiger partial charge in [-0.2, -0.15) is 0 Å². The van der Waals surface area contributed by atoms with Crippen LogP contribution in [0.4, 0.5) is 9.18 Å². The van der Waals surface area contributed by atoms with E-state index in [1.54, 1.807) is 17.0 Å². The molecule has 2 atom stereocenters. The average Bonchev–Trinajstić information content (AvgIpc) is 2.74. The Morgan fingerprint density at radius 1 is 1.19 bits per heavy atom. The van der Waals surface area contributed by atoms with Crippen LogP contribution in [-0.2, 0) is 4.74 Å². The molecule has 0 bridgehead atoms. The van der Waals surface area contributed by atoms with Gasteiger partial charge in [0.15, 0.2) is 0 Å². The Morgan fingerprint density at radius 2 is 1.91 bits per heavy atom. The summed E-state index contributed by atoms with van der Waals surface area (Å²) in [6.45, 7) is 8.64. The van der Waals surface area contributed by atoms with Crippen molar-refractivity contribution in [2.24, 2.45) is 5.92 Å². The lowest BCUT2D eigenvalue weighted by molar-refractivity contribution is 0.0150. The second kappa shape index (κ2) is 9.97. The van der Waals surface area contributed by atoms with E-state index in [-0.39, 0.29) is 35.5 Å². The normalized spacial score (nSPS) is 17.4. The van der Waals surface area contributed by atoms with E-state index in [4.69, 9.17) is 9.47 Å². The molecule has 1 aliphatic heterocycles. The molecule has 1 N–H and O–H groups in total. The number of halogens is 1. The molecule has 0 saturated carbocycles. The molecule has 2 unspecified atom stereocenters. The van der Waals surface area contributed by atoms with Gasteiger partial charge in [-0.1, -0.05) is 0 Å². The summed E-state index contributed by atoms with van der Waals surface area (Å²) >= 11 is 0. The predicted molar refractivity (Wildman–Crippen MR) is 118 cm³/mol. The van der Waals surface area contributed by atoms with E-state index < -0.39 is 5.60 Å². The molecule has 0 radical (unpaired) electrons. The molecule has 2 heterocycles. The lowest BCUT2D eigenvalue weighted by Gasteiger charge is -2.36. The van der Waals surface area contributed by atoms with E-state index in [2.05, 4.69) is 10.3 Å². The number of pyridine rings is 1. The zero-order chi connectivity index (χ0) is 23.3. The fourth-order valence-corrected chi connectivity index (χ4v) is 3.55. The average molecular weight is 444 g/mol. The minimum Gasteiger partial charge on any atom is -0.457 e. The molecule has 2 amide bonds. The molecule has 7 nitrogen and oxygen atoms in total. The van der Waals surface area contributed by atoms with Crippen LogP contribution in [0.5, 0.6) is 11.5 Å². The Hall–Kier alpha value is -3.16. The number of likely N-dealkylation sites (tertiary alicyclic amines) is 1. The first-order valence-corrected chi connectivity index (χ1v) is 10.8. The maximum absolute atomic E-state index is 13.1. The van der Waals surface area contributed by atoms with Gasteiger partial charge in [-0.15, -0.1) is 0 Å². The monoisotopic (exact) mass is 443 g/mol. The van der Waals surface area contributed by atoms with Crippen molar-refractivity contribution >= 4 is 12.0 Å². The van der Waals surface area contributed by atoms with Gasteiger partial charge >= 0.3 is 6.09 Å². The first kappa shape index (κ1) is 23.5. The second-order valence-corrected chi connectivity index (χ2v) is 9.02. The lowest BCUT2D eigenvalue weighted by atomic mass is 9.91. The Labute approximate surface area is 187 Å². The smallest absolute Gasteiger partial charge is 0.410 e. The Kier molecular flexibility index (Phi) is 7.33. The molecule has 0 aliphatic carbocycles. The fourth-order valence-electron chi connectivity index (χ4n) is 3.55. The largest absolute Gasteiger partial charge is 0.457 e. The minimum absolute atomic E-state index is 0.110.